The Bertz CT molecular complexity index is 330. The summed E-state index contributed by atoms with van der Waals surface area (Å²) in [7, 11) is 0. The van der Waals surface area contributed by atoms with Crippen molar-refractivity contribution in [2.45, 2.75) is 45.6 Å². The van der Waals surface area contributed by atoms with Crippen LogP contribution in [0.4, 0.5) is 0 Å². The molecule has 1 atom stereocenters. The average Bonchev–Trinajstić information content (AvgIpc) is 2.28. The molecule has 1 nitrogen and oxygen atoms in total. The van der Waals surface area contributed by atoms with E-state index in [0.717, 1.165) is 13.0 Å². The predicted octanol–water partition coefficient (Wildman–Crippen LogP) is 2.72. The molecular weight excluding hydrogens is 182 g/mol. The SMILES string of the molecule is CCN[C@@H]1CCc2ccc(CC)cc2C1. The van der Waals surface area contributed by atoms with E-state index in [2.05, 4.69) is 37.4 Å². The first-order chi connectivity index (χ1) is 7.33. The zero-order valence-electron chi connectivity index (χ0n) is 9.84. The maximum Gasteiger partial charge on any atom is 0.0111 e. The van der Waals surface area contributed by atoms with Crippen LogP contribution in [-0.2, 0) is 19.3 Å². The fourth-order valence-corrected chi connectivity index (χ4v) is 2.49. The summed E-state index contributed by atoms with van der Waals surface area (Å²) in [5.41, 5.74) is 4.62. The second-order valence-electron chi connectivity index (χ2n) is 4.45. The van der Waals surface area contributed by atoms with Gasteiger partial charge in [-0.05, 0) is 48.9 Å². The van der Waals surface area contributed by atoms with E-state index < -0.39 is 0 Å². The molecular formula is C14H21N. The Morgan fingerprint density at radius 2 is 2.13 bits per heavy atom. The molecule has 0 aliphatic heterocycles. The summed E-state index contributed by atoms with van der Waals surface area (Å²) in [6, 6.07) is 7.72. The molecule has 0 heterocycles. The maximum atomic E-state index is 3.56. The zero-order chi connectivity index (χ0) is 10.7. The topological polar surface area (TPSA) is 12.0 Å². The van der Waals surface area contributed by atoms with Gasteiger partial charge in [-0.15, -0.1) is 0 Å². The van der Waals surface area contributed by atoms with Crippen molar-refractivity contribution in [1.29, 1.82) is 0 Å². The molecule has 1 aliphatic carbocycles. The van der Waals surface area contributed by atoms with Crippen molar-refractivity contribution < 1.29 is 0 Å². The molecule has 82 valence electrons. The normalized spacial score (nSPS) is 20.0. The van der Waals surface area contributed by atoms with Crippen molar-refractivity contribution >= 4 is 0 Å². The number of hydrogen-bond donors (Lipinski definition) is 1. The summed E-state index contributed by atoms with van der Waals surface area (Å²) in [4.78, 5) is 0. The smallest absolute Gasteiger partial charge is 0.0111 e. The van der Waals surface area contributed by atoms with E-state index in [-0.39, 0.29) is 0 Å². The minimum Gasteiger partial charge on any atom is -0.314 e. The number of rotatable bonds is 3. The first kappa shape index (κ1) is 10.7. The Morgan fingerprint density at radius 1 is 1.27 bits per heavy atom. The van der Waals surface area contributed by atoms with E-state index >= 15 is 0 Å². The molecule has 1 aromatic carbocycles. The number of fused-ring (bicyclic) bond motifs is 1. The van der Waals surface area contributed by atoms with Gasteiger partial charge < -0.3 is 5.32 Å². The first-order valence-electron chi connectivity index (χ1n) is 6.17. The van der Waals surface area contributed by atoms with E-state index in [0.29, 0.717) is 6.04 Å². The Kier molecular flexibility index (Phi) is 3.42. The van der Waals surface area contributed by atoms with Crippen molar-refractivity contribution in [3.8, 4) is 0 Å². The standard InChI is InChI=1S/C14H21N/c1-3-11-5-6-12-7-8-14(15-4-2)10-13(12)9-11/h5-6,9,14-15H,3-4,7-8,10H2,1-2H3/t14-/m1/s1. The number of benzene rings is 1. The first-order valence-corrected chi connectivity index (χ1v) is 6.17. The van der Waals surface area contributed by atoms with Gasteiger partial charge in [0, 0.05) is 6.04 Å². The molecule has 15 heavy (non-hydrogen) atoms. The van der Waals surface area contributed by atoms with Gasteiger partial charge in [-0.25, -0.2) is 0 Å². The molecule has 0 radical (unpaired) electrons. The second-order valence-corrected chi connectivity index (χ2v) is 4.45. The van der Waals surface area contributed by atoms with Crippen molar-refractivity contribution in [2.75, 3.05) is 6.54 Å². The Labute approximate surface area is 92.9 Å². The minimum atomic E-state index is 0.703. The van der Waals surface area contributed by atoms with E-state index in [4.69, 9.17) is 0 Å². The summed E-state index contributed by atoms with van der Waals surface area (Å²) in [5, 5.41) is 3.56. The van der Waals surface area contributed by atoms with Crippen LogP contribution in [0.2, 0.25) is 0 Å². The fraction of sp³-hybridized carbons (Fsp3) is 0.571. The Hall–Kier alpha value is -0.820. The fourth-order valence-electron chi connectivity index (χ4n) is 2.49. The number of aryl methyl sites for hydroxylation is 2. The molecule has 0 unspecified atom stereocenters. The maximum absolute atomic E-state index is 3.56. The third-order valence-electron chi connectivity index (χ3n) is 3.40. The molecule has 0 saturated carbocycles. The molecule has 0 fully saturated rings. The van der Waals surface area contributed by atoms with Crippen molar-refractivity contribution in [3.63, 3.8) is 0 Å². The lowest BCUT2D eigenvalue weighted by atomic mass is 9.87. The van der Waals surface area contributed by atoms with Crippen LogP contribution in [0.5, 0.6) is 0 Å². The molecule has 1 aromatic rings. The average molecular weight is 203 g/mol. The largest absolute Gasteiger partial charge is 0.314 e. The highest BCUT2D eigenvalue weighted by molar-refractivity contribution is 5.34. The van der Waals surface area contributed by atoms with Gasteiger partial charge in [-0.3, -0.25) is 0 Å². The number of hydrogen-bond acceptors (Lipinski definition) is 1. The van der Waals surface area contributed by atoms with Crippen LogP contribution in [0.1, 0.15) is 37.0 Å². The van der Waals surface area contributed by atoms with Crippen LogP contribution in [-0.4, -0.2) is 12.6 Å². The van der Waals surface area contributed by atoms with E-state index in [1.165, 1.54) is 24.8 Å². The van der Waals surface area contributed by atoms with Crippen LogP contribution < -0.4 is 5.32 Å². The van der Waals surface area contributed by atoms with Crippen LogP contribution in [0.25, 0.3) is 0 Å². The minimum absolute atomic E-state index is 0.703. The van der Waals surface area contributed by atoms with E-state index in [1.807, 2.05) is 0 Å². The summed E-state index contributed by atoms with van der Waals surface area (Å²) < 4.78 is 0. The zero-order valence-corrected chi connectivity index (χ0v) is 9.84. The molecule has 1 aliphatic rings. The van der Waals surface area contributed by atoms with Gasteiger partial charge in [0.15, 0.2) is 0 Å². The van der Waals surface area contributed by atoms with Gasteiger partial charge in [0.25, 0.3) is 0 Å². The molecule has 1 N–H and O–H groups in total. The van der Waals surface area contributed by atoms with Gasteiger partial charge >= 0.3 is 0 Å². The Morgan fingerprint density at radius 3 is 2.87 bits per heavy atom. The van der Waals surface area contributed by atoms with Crippen LogP contribution in [0, 0.1) is 0 Å². The van der Waals surface area contributed by atoms with E-state index in [9.17, 15) is 0 Å². The van der Waals surface area contributed by atoms with Crippen LogP contribution >= 0.6 is 0 Å². The third kappa shape index (κ3) is 2.40. The predicted molar refractivity (Wildman–Crippen MR) is 65.3 cm³/mol. The lowest BCUT2D eigenvalue weighted by molar-refractivity contribution is 0.470. The van der Waals surface area contributed by atoms with Crippen LogP contribution in [0.15, 0.2) is 18.2 Å². The summed E-state index contributed by atoms with van der Waals surface area (Å²) in [6.07, 6.45) is 4.92. The molecule has 0 amide bonds. The molecule has 2 rings (SSSR count). The highest BCUT2D eigenvalue weighted by atomic mass is 14.9. The highest BCUT2D eigenvalue weighted by Crippen LogP contribution is 2.22. The monoisotopic (exact) mass is 203 g/mol. The summed E-state index contributed by atoms with van der Waals surface area (Å²) in [5.74, 6) is 0. The van der Waals surface area contributed by atoms with E-state index in [1.54, 1.807) is 11.1 Å². The Balaban J connectivity index is 2.16. The van der Waals surface area contributed by atoms with Gasteiger partial charge in [-0.1, -0.05) is 32.0 Å². The number of likely N-dealkylation sites (N-methyl/N-ethyl adjacent to an activating group) is 1. The molecule has 0 aromatic heterocycles. The van der Waals surface area contributed by atoms with Crippen LogP contribution in [0.3, 0.4) is 0 Å². The molecule has 0 spiro atoms. The number of nitrogens with one attached hydrogen (secondary N) is 1. The molecule has 0 saturated heterocycles. The van der Waals surface area contributed by atoms with Crippen molar-refractivity contribution in [1.82, 2.24) is 5.32 Å². The molecule has 1 heteroatoms. The second kappa shape index (κ2) is 4.80. The van der Waals surface area contributed by atoms with Crippen molar-refractivity contribution in [3.05, 3.63) is 34.9 Å². The lowest BCUT2D eigenvalue weighted by Crippen LogP contribution is -2.34. The van der Waals surface area contributed by atoms with Gasteiger partial charge in [0.2, 0.25) is 0 Å². The quantitative estimate of drug-likeness (QED) is 0.796. The third-order valence-corrected chi connectivity index (χ3v) is 3.40. The highest BCUT2D eigenvalue weighted by Gasteiger charge is 2.17. The van der Waals surface area contributed by atoms with Gasteiger partial charge in [0.1, 0.15) is 0 Å². The van der Waals surface area contributed by atoms with Gasteiger partial charge in [0.05, 0.1) is 0 Å². The molecule has 0 bridgehead atoms. The summed E-state index contributed by atoms with van der Waals surface area (Å²) in [6.45, 7) is 5.51. The van der Waals surface area contributed by atoms with Crippen molar-refractivity contribution in [2.24, 2.45) is 0 Å². The summed E-state index contributed by atoms with van der Waals surface area (Å²) >= 11 is 0. The van der Waals surface area contributed by atoms with Gasteiger partial charge in [-0.2, -0.15) is 0 Å². The lowest BCUT2D eigenvalue weighted by Gasteiger charge is -2.25.